The van der Waals surface area contributed by atoms with Crippen LogP contribution in [0.5, 0.6) is 0 Å². The smallest absolute Gasteiger partial charge is 0.0562 e. The lowest BCUT2D eigenvalue weighted by Gasteiger charge is -2.06. The van der Waals surface area contributed by atoms with Gasteiger partial charge in [0.1, 0.15) is 0 Å². The van der Waals surface area contributed by atoms with Crippen LogP contribution in [-0.4, -0.2) is 22.4 Å². The molecule has 0 radical (unpaired) electrons. The minimum Gasteiger partial charge on any atom is -0.311 e. The third-order valence-corrected chi connectivity index (χ3v) is 2.44. The molecule has 0 saturated heterocycles. The van der Waals surface area contributed by atoms with Gasteiger partial charge in [0.25, 0.3) is 0 Å². The van der Waals surface area contributed by atoms with Crippen molar-refractivity contribution in [1.82, 2.24) is 15.1 Å². The van der Waals surface area contributed by atoms with Crippen LogP contribution in [0.15, 0.2) is 18.5 Å². The van der Waals surface area contributed by atoms with Crippen LogP contribution in [-0.2, 0) is 0 Å². The Labute approximate surface area is 98.5 Å². The summed E-state index contributed by atoms with van der Waals surface area (Å²) in [6.07, 6.45) is 9.46. The van der Waals surface area contributed by atoms with Gasteiger partial charge >= 0.3 is 0 Å². The summed E-state index contributed by atoms with van der Waals surface area (Å²) >= 11 is 0. The fourth-order valence-corrected chi connectivity index (χ4v) is 1.42. The normalized spacial score (nSPS) is 13.8. The molecule has 1 rings (SSSR count). The van der Waals surface area contributed by atoms with Crippen molar-refractivity contribution in [3.05, 3.63) is 24.0 Å². The molecule has 3 heteroatoms. The maximum Gasteiger partial charge on any atom is 0.0562 e. The third kappa shape index (κ3) is 4.19. The molecule has 0 bridgehead atoms. The Morgan fingerprint density at radius 1 is 1.44 bits per heavy atom. The van der Waals surface area contributed by atoms with Crippen molar-refractivity contribution < 1.29 is 0 Å². The Kier molecular flexibility index (Phi) is 5.26. The third-order valence-electron chi connectivity index (χ3n) is 2.44. The molecule has 3 nitrogen and oxygen atoms in total. The van der Waals surface area contributed by atoms with Crippen LogP contribution >= 0.6 is 0 Å². The average Bonchev–Trinajstić information content (AvgIpc) is 2.72. The van der Waals surface area contributed by atoms with E-state index in [0.29, 0.717) is 12.1 Å². The Morgan fingerprint density at radius 3 is 2.75 bits per heavy atom. The van der Waals surface area contributed by atoms with Crippen LogP contribution in [0.2, 0.25) is 0 Å². The van der Waals surface area contributed by atoms with Crippen LogP contribution in [0.4, 0.5) is 0 Å². The highest BCUT2D eigenvalue weighted by molar-refractivity contribution is 5.47. The Bertz CT molecular complexity index is 326. The SMILES string of the molecule is CCCNC(C)/C=C/c1cnn(C(C)C)c1. The summed E-state index contributed by atoms with van der Waals surface area (Å²) in [5.41, 5.74) is 1.17. The highest BCUT2D eigenvalue weighted by atomic mass is 15.3. The monoisotopic (exact) mass is 221 g/mol. The maximum absolute atomic E-state index is 4.30. The molecule has 1 unspecified atom stereocenters. The van der Waals surface area contributed by atoms with E-state index in [-0.39, 0.29) is 0 Å². The molecule has 0 fully saturated rings. The van der Waals surface area contributed by atoms with Gasteiger partial charge in [0.2, 0.25) is 0 Å². The fourth-order valence-electron chi connectivity index (χ4n) is 1.42. The van der Waals surface area contributed by atoms with Crippen molar-refractivity contribution in [2.24, 2.45) is 0 Å². The molecular formula is C13H23N3. The molecule has 1 aromatic rings. The van der Waals surface area contributed by atoms with Crippen molar-refractivity contribution in [1.29, 1.82) is 0 Å². The predicted octanol–water partition coefficient (Wildman–Crippen LogP) is 2.87. The van der Waals surface area contributed by atoms with E-state index in [1.165, 1.54) is 12.0 Å². The number of nitrogens with zero attached hydrogens (tertiary/aromatic N) is 2. The van der Waals surface area contributed by atoms with Gasteiger partial charge in [-0.25, -0.2) is 0 Å². The highest BCUT2D eigenvalue weighted by Gasteiger charge is 1.99. The molecule has 0 amide bonds. The number of aromatic nitrogens is 2. The Balaban J connectivity index is 2.48. The second kappa shape index (κ2) is 6.48. The van der Waals surface area contributed by atoms with E-state index in [9.17, 15) is 0 Å². The lowest BCUT2D eigenvalue weighted by Crippen LogP contribution is -2.24. The summed E-state index contributed by atoms with van der Waals surface area (Å²) in [6, 6.07) is 0.847. The number of rotatable bonds is 6. The lowest BCUT2D eigenvalue weighted by molar-refractivity contribution is 0.532. The van der Waals surface area contributed by atoms with Gasteiger partial charge in [-0.1, -0.05) is 19.1 Å². The van der Waals surface area contributed by atoms with Crippen LogP contribution < -0.4 is 5.32 Å². The number of nitrogens with one attached hydrogen (secondary N) is 1. The van der Waals surface area contributed by atoms with Crippen molar-refractivity contribution in [2.45, 2.75) is 46.2 Å². The van der Waals surface area contributed by atoms with Crippen LogP contribution in [0, 0.1) is 0 Å². The molecule has 0 aliphatic carbocycles. The van der Waals surface area contributed by atoms with E-state index in [4.69, 9.17) is 0 Å². The summed E-state index contributed by atoms with van der Waals surface area (Å²) < 4.78 is 1.98. The molecule has 0 saturated carbocycles. The first-order valence-corrected chi connectivity index (χ1v) is 6.09. The molecule has 0 spiro atoms. The van der Waals surface area contributed by atoms with Crippen molar-refractivity contribution in [3.63, 3.8) is 0 Å². The van der Waals surface area contributed by atoms with Gasteiger partial charge in [0.05, 0.1) is 6.20 Å². The lowest BCUT2D eigenvalue weighted by atomic mass is 10.2. The largest absolute Gasteiger partial charge is 0.311 e. The summed E-state index contributed by atoms with van der Waals surface area (Å²) in [5.74, 6) is 0. The minimum absolute atomic E-state index is 0.419. The maximum atomic E-state index is 4.30. The summed E-state index contributed by atoms with van der Waals surface area (Å²) in [6.45, 7) is 9.67. The summed E-state index contributed by atoms with van der Waals surface area (Å²) in [5, 5.41) is 7.72. The molecule has 90 valence electrons. The van der Waals surface area contributed by atoms with Crippen LogP contribution in [0.25, 0.3) is 6.08 Å². The summed E-state index contributed by atoms with van der Waals surface area (Å²) in [7, 11) is 0. The zero-order valence-electron chi connectivity index (χ0n) is 10.8. The predicted molar refractivity (Wildman–Crippen MR) is 69.4 cm³/mol. The molecular weight excluding hydrogens is 198 g/mol. The minimum atomic E-state index is 0.419. The van der Waals surface area contributed by atoms with E-state index >= 15 is 0 Å². The van der Waals surface area contributed by atoms with Gasteiger partial charge in [0, 0.05) is 23.8 Å². The first kappa shape index (κ1) is 13.0. The quantitative estimate of drug-likeness (QED) is 0.800. The highest BCUT2D eigenvalue weighted by Crippen LogP contribution is 2.07. The van der Waals surface area contributed by atoms with E-state index in [2.05, 4.69) is 56.5 Å². The first-order valence-electron chi connectivity index (χ1n) is 6.09. The summed E-state index contributed by atoms with van der Waals surface area (Å²) in [4.78, 5) is 0. The van der Waals surface area contributed by atoms with Crippen molar-refractivity contribution in [2.75, 3.05) is 6.54 Å². The van der Waals surface area contributed by atoms with Gasteiger partial charge in [-0.15, -0.1) is 0 Å². The van der Waals surface area contributed by atoms with Gasteiger partial charge < -0.3 is 5.32 Å². The second-order valence-corrected chi connectivity index (χ2v) is 4.45. The topological polar surface area (TPSA) is 29.9 Å². The van der Waals surface area contributed by atoms with Gasteiger partial charge in [0.15, 0.2) is 0 Å². The number of hydrogen-bond acceptors (Lipinski definition) is 2. The van der Waals surface area contributed by atoms with E-state index < -0.39 is 0 Å². The first-order chi connectivity index (χ1) is 7.63. The van der Waals surface area contributed by atoms with Crippen LogP contribution in [0.1, 0.15) is 45.7 Å². The van der Waals surface area contributed by atoms with Crippen molar-refractivity contribution >= 4 is 6.08 Å². The number of hydrogen-bond donors (Lipinski definition) is 1. The fraction of sp³-hybridized carbons (Fsp3) is 0.615. The van der Waals surface area contributed by atoms with Crippen LogP contribution in [0.3, 0.4) is 0 Å². The molecule has 0 aliphatic heterocycles. The molecule has 0 aromatic carbocycles. The zero-order valence-corrected chi connectivity index (χ0v) is 10.8. The molecule has 1 aromatic heterocycles. The molecule has 1 heterocycles. The van der Waals surface area contributed by atoms with E-state index in [1.54, 1.807) is 0 Å². The Morgan fingerprint density at radius 2 is 2.19 bits per heavy atom. The molecule has 0 aliphatic rings. The molecule has 1 atom stereocenters. The van der Waals surface area contributed by atoms with Gasteiger partial charge in [-0.3, -0.25) is 4.68 Å². The second-order valence-electron chi connectivity index (χ2n) is 4.45. The molecule has 1 N–H and O–H groups in total. The van der Waals surface area contributed by atoms with Gasteiger partial charge in [-0.2, -0.15) is 5.10 Å². The standard InChI is InChI=1S/C13H23N3/c1-5-8-14-12(4)6-7-13-9-15-16(10-13)11(2)3/h6-7,9-12,14H,5,8H2,1-4H3/b7-6+. The average molecular weight is 221 g/mol. The molecule has 16 heavy (non-hydrogen) atoms. The van der Waals surface area contributed by atoms with E-state index in [1.807, 2.05) is 10.9 Å². The van der Waals surface area contributed by atoms with Crippen molar-refractivity contribution in [3.8, 4) is 0 Å². The van der Waals surface area contributed by atoms with Gasteiger partial charge in [-0.05, 0) is 33.7 Å². The zero-order chi connectivity index (χ0) is 12.0. The van der Waals surface area contributed by atoms with E-state index in [0.717, 1.165) is 6.54 Å². The Hall–Kier alpha value is -1.09.